The van der Waals surface area contributed by atoms with Gasteiger partial charge in [-0.15, -0.1) is 0 Å². The van der Waals surface area contributed by atoms with Crippen molar-refractivity contribution in [1.82, 2.24) is 19.7 Å². The SMILES string of the molecule is CS(=O)(=O)c1ccc(C(=O)Cc2cnc(-n3cccn3)[nH]c2=O)cc1. The van der Waals surface area contributed by atoms with Crippen LogP contribution in [0.4, 0.5) is 0 Å². The maximum atomic E-state index is 12.3. The van der Waals surface area contributed by atoms with E-state index in [-0.39, 0.29) is 28.6 Å². The van der Waals surface area contributed by atoms with Gasteiger partial charge in [-0.25, -0.2) is 18.1 Å². The number of hydrogen-bond donors (Lipinski definition) is 1. The molecule has 2 aromatic heterocycles. The van der Waals surface area contributed by atoms with Gasteiger partial charge in [0, 0.05) is 42.4 Å². The number of ketones is 1. The Morgan fingerprint density at radius 1 is 1.24 bits per heavy atom. The number of Topliss-reactive ketones (excluding diaryl/α,β-unsaturated/α-hetero) is 1. The molecule has 128 valence electrons. The zero-order chi connectivity index (χ0) is 18.0. The average Bonchev–Trinajstić information content (AvgIpc) is 3.10. The smallest absolute Gasteiger partial charge is 0.255 e. The minimum Gasteiger partial charge on any atom is -0.294 e. The number of nitrogens with zero attached hydrogens (tertiary/aromatic N) is 3. The Hall–Kier alpha value is -3.07. The van der Waals surface area contributed by atoms with Gasteiger partial charge < -0.3 is 0 Å². The van der Waals surface area contributed by atoms with Crippen molar-refractivity contribution < 1.29 is 13.2 Å². The number of carbonyl (C=O) groups excluding carboxylic acids is 1. The number of carbonyl (C=O) groups is 1. The van der Waals surface area contributed by atoms with Crippen LogP contribution in [-0.4, -0.2) is 40.2 Å². The molecule has 1 N–H and O–H groups in total. The fourth-order valence-corrected chi connectivity index (χ4v) is 2.84. The van der Waals surface area contributed by atoms with Gasteiger partial charge in [-0.2, -0.15) is 5.10 Å². The van der Waals surface area contributed by atoms with Crippen molar-refractivity contribution in [2.24, 2.45) is 0 Å². The van der Waals surface area contributed by atoms with Crippen molar-refractivity contribution in [1.29, 1.82) is 0 Å². The molecule has 0 spiro atoms. The van der Waals surface area contributed by atoms with Gasteiger partial charge >= 0.3 is 0 Å². The predicted octanol–water partition coefficient (Wildman–Crippen LogP) is 0.784. The van der Waals surface area contributed by atoms with Crippen LogP contribution in [0.2, 0.25) is 0 Å². The van der Waals surface area contributed by atoms with Crippen LogP contribution in [0.3, 0.4) is 0 Å². The lowest BCUT2D eigenvalue weighted by atomic mass is 10.1. The fraction of sp³-hybridized carbons (Fsp3) is 0.125. The van der Waals surface area contributed by atoms with E-state index in [9.17, 15) is 18.0 Å². The molecule has 8 nitrogen and oxygen atoms in total. The molecule has 0 aliphatic rings. The maximum Gasteiger partial charge on any atom is 0.255 e. The zero-order valence-corrected chi connectivity index (χ0v) is 14.0. The molecule has 0 fully saturated rings. The molecule has 0 saturated heterocycles. The van der Waals surface area contributed by atoms with Gasteiger partial charge in [-0.3, -0.25) is 14.6 Å². The first-order chi connectivity index (χ1) is 11.8. The number of rotatable bonds is 5. The normalized spacial score (nSPS) is 11.4. The molecule has 0 saturated carbocycles. The highest BCUT2D eigenvalue weighted by molar-refractivity contribution is 7.90. The van der Waals surface area contributed by atoms with Crippen molar-refractivity contribution >= 4 is 15.6 Å². The predicted molar refractivity (Wildman–Crippen MR) is 89.6 cm³/mol. The summed E-state index contributed by atoms with van der Waals surface area (Å²) in [6, 6.07) is 7.28. The summed E-state index contributed by atoms with van der Waals surface area (Å²) < 4.78 is 24.3. The monoisotopic (exact) mass is 358 g/mol. The largest absolute Gasteiger partial charge is 0.294 e. The molecule has 0 radical (unpaired) electrons. The third-order valence-corrected chi connectivity index (χ3v) is 4.66. The molecule has 3 aromatic rings. The molecule has 0 amide bonds. The summed E-state index contributed by atoms with van der Waals surface area (Å²) in [5.41, 5.74) is 0.109. The Morgan fingerprint density at radius 2 is 1.96 bits per heavy atom. The van der Waals surface area contributed by atoms with Crippen LogP contribution in [0, 0.1) is 0 Å². The van der Waals surface area contributed by atoms with Crippen molar-refractivity contribution in [2.75, 3.05) is 6.26 Å². The van der Waals surface area contributed by atoms with Crippen LogP contribution in [0.1, 0.15) is 15.9 Å². The van der Waals surface area contributed by atoms with Crippen LogP contribution in [0.25, 0.3) is 5.95 Å². The molecule has 9 heteroatoms. The number of hydrogen-bond acceptors (Lipinski definition) is 6. The third kappa shape index (κ3) is 3.72. The Morgan fingerprint density at radius 3 is 2.52 bits per heavy atom. The number of benzene rings is 1. The molecule has 1 aromatic carbocycles. The minimum absolute atomic E-state index is 0.132. The summed E-state index contributed by atoms with van der Waals surface area (Å²) in [5.74, 6) is -0.0529. The lowest BCUT2D eigenvalue weighted by Gasteiger charge is -2.04. The van der Waals surface area contributed by atoms with Gasteiger partial charge in [0.05, 0.1) is 4.90 Å². The summed E-state index contributed by atoms with van der Waals surface area (Å²) in [7, 11) is -3.32. The number of aromatic amines is 1. The number of H-pyrrole nitrogens is 1. The summed E-state index contributed by atoms with van der Waals surface area (Å²) in [6.45, 7) is 0. The standard InChI is InChI=1S/C16H14N4O4S/c1-25(23,24)13-5-3-11(4-6-13)14(21)9-12-10-17-16(19-15(12)22)20-8-2-7-18-20/h2-8,10H,9H2,1H3,(H,17,19,22). The van der Waals surface area contributed by atoms with Gasteiger partial charge in [0.15, 0.2) is 15.6 Å². The Labute approximate surface area is 143 Å². The first-order valence-electron chi connectivity index (χ1n) is 7.26. The quantitative estimate of drug-likeness (QED) is 0.674. The Balaban J connectivity index is 1.80. The van der Waals surface area contributed by atoms with Gasteiger partial charge in [-0.1, -0.05) is 12.1 Å². The van der Waals surface area contributed by atoms with Crippen LogP contribution in [0.15, 0.2) is 58.6 Å². The molecule has 0 unspecified atom stereocenters. The topological polar surface area (TPSA) is 115 Å². The summed E-state index contributed by atoms with van der Waals surface area (Å²) >= 11 is 0. The maximum absolute atomic E-state index is 12.3. The van der Waals surface area contributed by atoms with E-state index < -0.39 is 15.4 Å². The molecule has 0 atom stereocenters. The van der Waals surface area contributed by atoms with Crippen LogP contribution in [0.5, 0.6) is 0 Å². The molecule has 0 bridgehead atoms. The van der Waals surface area contributed by atoms with E-state index in [1.54, 1.807) is 18.5 Å². The van der Waals surface area contributed by atoms with Gasteiger partial charge in [0.25, 0.3) is 5.56 Å². The van der Waals surface area contributed by atoms with E-state index in [0.717, 1.165) is 6.26 Å². The Kier molecular flexibility index (Phi) is 4.32. The van der Waals surface area contributed by atoms with Crippen LogP contribution >= 0.6 is 0 Å². The van der Waals surface area contributed by atoms with E-state index in [1.165, 1.54) is 35.1 Å². The second-order valence-electron chi connectivity index (χ2n) is 5.41. The summed E-state index contributed by atoms with van der Waals surface area (Å²) in [6.07, 6.45) is 5.47. The average molecular weight is 358 g/mol. The van der Waals surface area contributed by atoms with E-state index in [0.29, 0.717) is 5.56 Å². The number of nitrogens with one attached hydrogen (secondary N) is 1. The lowest BCUT2D eigenvalue weighted by Crippen LogP contribution is -2.20. The molecule has 2 heterocycles. The third-order valence-electron chi connectivity index (χ3n) is 3.54. The zero-order valence-electron chi connectivity index (χ0n) is 13.2. The molecule has 25 heavy (non-hydrogen) atoms. The first kappa shape index (κ1) is 16.8. The second-order valence-corrected chi connectivity index (χ2v) is 7.42. The van der Waals surface area contributed by atoms with Gasteiger partial charge in [-0.05, 0) is 18.2 Å². The van der Waals surface area contributed by atoms with E-state index >= 15 is 0 Å². The number of sulfone groups is 1. The Bertz CT molecular complexity index is 1070. The van der Waals surface area contributed by atoms with Gasteiger partial charge in [0.2, 0.25) is 5.95 Å². The van der Waals surface area contributed by atoms with Crippen molar-refractivity contribution in [3.63, 3.8) is 0 Å². The molecule has 0 aliphatic heterocycles. The lowest BCUT2D eigenvalue weighted by molar-refractivity contribution is 0.0992. The second kappa shape index (κ2) is 6.44. The minimum atomic E-state index is -3.32. The molecule has 0 aliphatic carbocycles. The van der Waals surface area contributed by atoms with E-state index in [1.807, 2.05) is 0 Å². The van der Waals surface area contributed by atoms with Crippen molar-refractivity contribution in [3.8, 4) is 5.95 Å². The van der Waals surface area contributed by atoms with Crippen LogP contribution < -0.4 is 5.56 Å². The van der Waals surface area contributed by atoms with E-state index in [2.05, 4.69) is 15.1 Å². The fourth-order valence-electron chi connectivity index (χ4n) is 2.21. The van der Waals surface area contributed by atoms with Crippen LogP contribution in [-0.2, 0) is 16.3 Å². The number of aromatic nitrogens is 4. The highest BCUT2D eigenvalue weighted by atomic mass is 32.2. The molecule has 3 rings (SSSR count). The summed E-state index contributed by atoms with van der Waals surface area (Å²) in [5, 5.41) is 3.96. The van der Waals surface area contributed by atoms with Crippen molar-refractivity contribution in [3.05, 3.63) is 70.4 Å². The molecular weight excluding hydrogens is 344 g/mol. The van der Waals surface area contributed by atoms with Crippen molar-refractivity contribution in [2.45, 2.75) is 11.3 Å². The van der Waals surface area contributed by atoms with Gasteiger partial charge in [0.1, 0.15) is 0 Å². The molecular formula is C16H14N4O4S. The highest BCUT2D eigenvalue weighted by Gasteiger charge is 2.13. The summed E-state index contributed by atoms with van der Waals surface area (Å²) in [4.78, 5) is 31.2. The van der Waals surface area contributed by atoms with E-state index in [4.69, 9.17) is 0 Å². The first-order valence-corrected chi connectivity index (χ1v) is 9.15. The highest BCUT2D eigenvalue weighted by Crippen LogP contribution is 2.12.